The minimum absolute atomic E-state index is 0.0458. The van der Waals surface area contributed by atoms with Crippen LogP contribution in [0.2, 0.25) is 0 Å². The second-order valence-corrected chi connectivity index (χ2v) is 10.0. The van der Waals surface area contributed by atoms with E-state index in [1.165, 1.54) is 12.8 Å². The molecule has 8 nitrogen and oxygen atoms in total. The fraction of sp³-hybridized carbons (Fsp3) is 0.379. The molecule has 0 unspecified atom stereocenters. The molecule has 5 rings (SSSR count). The Morgan fingerprint density at radius 1 is 1.08 bits per heavy atom. The molecule has 3 heterocycles. The van der Waals surface area contributed by atoms with Crippen molar-refractivity contribution in [1.82, 2.24) is 29.7 Å². The molecule has 8 heteroatoms. The Labute approximate surface area is 218 Å². The number of anilines is 1. The third kappa shape index (κ3) is 5.20. The number of benzene rings is 1. The number of pyridine rings is 2. The van der Waals surface area contributed by atoms with Crippen molar-refractivity contribution in [2.75, 3.05) is 32.5 Å². The van der Waals surface area contributed by atoms with Gasteiger partial charge >= 0.3 is 0 Å². The van der Waals surface area contributed by atoms with Crippen LogP contribution in [0, 0.1) is 13.8 Å². The first-order valence-electron chi connectivity index (χ1n) is 12.9. The fourth-order valence-corrected chi connectivity index (χ4v) is 4.71. The van der Waals surface area contributed by atoms with Gasteiger partial charge < -0.3 is 20.1 Å². The summed E-state index contributed by atoms with van der Waals surface area (Å²) in [5, 5.41) is 7.39. The Kier molecular flexibility index (Phi) is 6.93. The number of nitrogens with zero attached hydrogens (tertiary/aromatic N) is 5. The van der Waals surface area contributed by atoms with Crippen LogP contribution in [-0.2, 0) is 13.6 Å². The van der Waals surface area contributed by atoms with E-state index in [9.17, 15) is 4.79 Å². The van der Waals surface area contributed by atoms with Gasteiger partial charge in [-0.3, -0.25) is 4.79 Å². The number of rotatable bonds is 9. The zero-order valence-electron chi connectivity index (χ0n) is 22.3. The monoisotopic (exact) mass is 497 g/mol. The van der Waals surface area contributed by atoms with Crippen molar-refractivity contribution in [2.45, 2.75) is 39.2 Å². The summed E-state index contributed by atoms with van der Waals surface area (Å²) in [6.07, 6.45) is 4.30. The molecule has 1 aromatic carbocycles. The molecule has 37 heavy (non-hydrogen) atoms. The number of carbonyl (C=O) groups excluding carboxylic acids is 1. The lowest BCUT2D eigenvalue weighted by molar-refractivity contribution is 0.0784. The molecule has 1 fully saturated rings. The first kappa shape index (κ1) is 24.9. The third-order valence-corrected chi connectivity index (χ3v) is 7.04. The van der Waals surface area contributed by atoms with Crippen LogP contribution in [0.3, 0.4) is 0 Å². The van der Waals surface area contributed by atoms with Crippen molar-refractivity contribution in [2.24, 2.45) is 7.05 Å². The predicted octanol–water partition coefficient (Wildman–Crippen LogP) is 4.43. The molecule has 0 spiro atoms. The Hall–Kier alpha value is -3.78. The fourth-order valence-electron chi connectivity index (χ4n) is 4.71. The van der Waals surface area contributed by atoms with Gasteiger partial charge in [0.05, 0.1) is 52.3 Å². The number of nitrogens with one attached hydrogen (secondary N) is 2. The highest BCUT2D eigenvalue weighted by Crippen LogP contribution is 2.39. The molecule has 1 saturated carbocycles. The quantitative estimate of drug-likeness (QED) is 0.333. The minimum atomic E-state index is -0.0458. The zero-order valence-corrected chi connectivity index (χ0v) is 22.3. The van der Waals surface area contributed by atoms with E-state index >= 15 is 0 Å². The number of likely N-dealkylation sites (N-methyl/N-ethyl adjacent to an activating group) is 1. The Bertz CT molecular complexity index is 1450. The molecule has 0 saturated heterocycles. The minimum Gasteiger partial charge on any atom is -0.382 e. The highest BCUT2D eigenvalue weighted by atomic mass is 16.2. The van der Waals surface area contributed by atoms with E-state index in [-0.39, 0.29) is 5.91 Å². The average Bonchev–Trinajstić information content (AvgIpc) is 3.67. The molecule has 0 radical (unpaired) electrons. The lowest BCUT2D eigenvalue weighted by atomic mass is 10.0. The lowest BCUT2D eigenvalue weighted by Crippen LogP contribution is -2.27. The van der Waals surface area contributed by atoms with Gasteiger partial charge in [0.1, 0.15) is 5.82 Å². The van der Waals surface area contributed by atoms with E-state index in [1.54, 1.807) is 4.90 Å². The molecule has 4 aromatic rings. The van der Waals surface area contributed by atoms with Crippen LogP contribution >= 0.6 is 0 Å². The van der Waals surface area contributed by atoms with Gasteiger partial charge in [-0.1, -0.05) is 11.6 Å². The van der Waals surface area contributed by atoms with Crippen LogP contribution in [0.5, 0.6) is 0 Å². The number of aryl methyl sites for hydroxylation is 2. The van der Waals surface area contributed by atoms with Crippen LogP contribution < -0.4 is 10.6 Å². The maximum absolute atomic E-state index is 13.8. The molecule has 1 aliphatic carbocycles. The molecule has 2 N–H and O–H groups in total. The average molecular weight is 498 g/mol. The summed E-state index contributed by atoms with van der Waals surface area (Å²) in [5.41, 5.74) is 6.86. The van der Waals surface area contributed by atoms with Gasteiger partial charge in [-0.15, -0.1) is 0 Å². The Morgan fingerprint density at radius 2 is 1.89 bits per heavy atom. The third-order valence-electron chi connectivity index (χ3n) is 7.04. The predicted molar refractivity (Wildman–Crippen MR) is 148 cm³/mol. The number of hydrogen-bond acceptors (Lipinski definition) is 6. The van der Waals surface area contributed by atoms with E-state index in [4.69, 9.17) is 9.97 Å². The van der Waals surface area contributed by atoms with Crippen LogP contribution in [0.4, 0.5) is 5.69 Å². The van der Waals surface area contributed by atoms with Crippen LogP contribution in [0.25, 0.3) is 22.3 Å². The van der Waals surface area contributed by atoms with Crippen molar-refractivity contribution < 1.29 is 4.79 Å². The summed E-state index contributed by atoms with van der Waals surface area (Å²) in [6, 6.07) is 11.9. The molecule has 3 aromatic heterocycles. The summed E-state index contributed by atoms with van der Waals surface area (Å²) in [4.78, 5) is 29.9. The van der Waals surface area contributed by atoms with E-state index in [0.29, 0.717) is 23.7 Å². The standard InChI is InChI=1S/C29H35N7O/c1-18-6-9-25-22(14-18)23(29(37)35(4)17-21-16-32-28(36(21)5)20-7-8-20)15-27(34-25)26-11-10-24(19(2)33-26)31-13-12-30-3/h6,9-11,14-16,20,30-31H,7-8,12-13,17H2,1-5H3. The molecule has 1 aliphatic rings. The van der Waals surface area contributed by atoms with Crippen LogP contribution in [0.15, 0.2) is 42.6 Å². The molecule has 0 bridgehead atoms. The first-order chi connectivity index (χ1) is 17.9. The summed E-state index contributed by atoms with van der Waals surface area (Å²) in [7, 11) is 5.83. The van der Waals surface area contributed by atoms with Gasteiger partial charge in [0.15, 0.2) is 0 Å². The molecule has 0 aliphatic heterocycles. The lowest BCUT2D eigenvalue weighted by Gasteiger charge is -2.19. The summed E-state index contributed by atoms with van der Waals surface area (Å²) >= 11 is 0. The van der Waals surface area contributed by atoms with Gasteiger partial charge in [0.25, 0.3) is 5.91 Å². The van der Waals surface area contributed by atoms with Crippen LogP contribution in [0.1, 0.15) is 51.9 Å². The van der Waals surface area contributed by atoms with Crippen LogP contribution in [-0.4, -0.2) is 57.5 Å². The van der Waals surface area contributed by atoms with Crippen molar-refractivity contribution in [3.8, 4) is 11.4 Å². The smallest absolute Gasteiger partial charge is 0.254 e. The van der Waals surface area contributed by atoms with E-state index < -0.39 is 0 Å². The first-order valence-corrected chi connectivity index (χ1v) is 12.9. The number of fused-ring (bicyclic) bond motifs is 1. The SMILES string of the molecule is CNCCNc1ccc(-c2cc(C(=O)N(C)Cc3cnc(C4CC4)n3C)c3cc(C)ccc3n2)nc1C. The number of imidazole rings is 1. The second-order valence-electron chi connectivity index (χ2n) is 10.0. The Morgan fingerprint density at radius 3 is 2.62 bits per heavy atom. The summed E-state index contributed by atoms with van der Waals surface area (Å²) in [6.45, 7) is 6.19. The zero-order chi connectivity index (χ0) is 26.1. The number of hydrogen-bond donors (Lipinski definition) is 2. The largest absolute Gasteiger partial charge is 0.382 e. The van der Waals surface area contributed by atoms with Crippen molar-refractivity contribution >= 4 is 22.5 Å². The maximum Gasteiger partial charge on any atom is 0.254 e. The molecule has 0 atom stereocenters. The molecule has 1 amide bonds. The molecule has 192 valence electrons. The number of carbonyl (C=O) groups is 1. The van der Waals surface area contributed by atoms with E-state index in [2.05, 4.69) is 20.2 Å². The van der Waals surface area contributed by atoms with E-state index in [0.717, 1.165) is 58.1 Å². The van der Waals surface area contributed by atoms with Crippen molar-refractivity contribution in [3.63, 3.8) is 0 Å². The normalized spacial score (nSPS) is 13.2. The Balaban J connectivity index is 1.48. The maximum atomic E-state index is 13.8. The van der Waals surface area contributed by atoms with Gasteiger partial charge in [-0.25, -0.2) is 15.0 Å². The molecular weight excluding hydrogens is 462 g/mol. The topological polar surface area (TPSA) is 88.0 Å². The van der Waals surface area contributed by atoms with Gasteiger partial charge in [0, 0.05) is 38.5 Å². The number of amides is 1. The van der Waals surface area contributed by atoms with Gasteiger partial charge in [-0.2, -0.15) is 0 Å². The summed E-state index contributed by atoms with van der Waals surface area (Å²) in [5.74, 6) is 1.64. The highest BCUT2D eigenvalue weighted by molar-refractivity contribution is 6.07. The van der Waals surface area contributed by atoms with Crippen molar-refractivity contribution in [1.29, 1.82) is 0 Å². The molecular formula is C29H35N7O. The second kappa shape index (κ2) is 10.3. The number of aromatic nitrogens is 4. The van der Waals surface area contributed by atoms with Gasteiger partial charge in [0.2, 0.25) is 0 Å². The van der Waals surface area contributed by atoms with Gasteiger partial charge in [-0.05, 0) is 64.1 Å². The highest BCUT2D eigenvalue weighted by Gasteiger charge is 2.29. The van der Waals surface area contributed by atoms with E-state index in [1.807, 2.05) is 77.6 Å². The van der Waals surface area contributed by atoms with Crippen molar-refractivity contribution in [3.05, 3.63) is 70.9 Å². The summed E-state index contributed by atoms with van der Waals surface area (Å²) < 4.78 is 2.14.